The highest BCUT2D eigenvalue weighted by molar-refractivity contribution is 8.01. The average Bonchev–Trinajstić information content (AvgIpc) is 2.98. The van der Waals surface area contributed by atoms with Gasteiger partial charge in [0, 0.05) is 5.25 Å². The van der Waals surface area contributed by atoms with Gasteiger partial charge in [-0.2, -0.15) is 0 Å². The molecule has 0 fully saturated rings. The molecule has 10 heteroatoms. The van der Waals surface area contributed by atoms with E-state index in [-0.39, 0.29) is 0 Å². The van der Waals surface area contributed by atoms with Crippen LogP contribution in [-0.4, -0.2) is 42.1 Å². The van der Waals surface area contributed by atoms with Gasteiger partial charge >= 0.3 is 0 Å². The molecule has 0 bridgehead atoms. The molecule has 0 aliphatic carbocycles. The number of para-hydroxylation sites is 1. The molecule has 1 heterocycles. The molecule has 7 nitrogen and oxygen atoms in total. The number of amides is 1. The van der Waals surface area contributed by atoms with Gasteiger partial charge in [0.15, 0.2) is 4.34 Å². The van der Waals surface area contributed by atoms with E-state index in [1.54, 1.807) is 49.0 Å². The predicted octanol–water partition coefficient (Wildman–Crippen LogP) is 3.22. The lowest BCUT2D eigenvalue weighted by atomic mass is 10.2. The van der Waals surface area contributed by atoms with Crippen molar-refractivity contribution in [3.63, 3.8) is 0 Å². The van der Waals surface area contributed by atoms with Gasteiger partial charge in [-0.3, -0.25) is 14.4 Å². The first-order valence-electron chi connectivity index (χ1n) is 8.07. The molecule has 0 saturated carbocycles. The molecule has 1 aromatic heterocycles. The van der Waals surface area contributed by atoms with Crippen LogP contribution in [0.4, 0.5) is 10.8 Å². The van der Waals surface area contributed by atoms with Gasteiger partial charge in [-0.1, -0.05) is 62.1 Å². The lowest BCUT2D eigenvalue weighted by molar-refractivity contribution is -0.117. The van der Waals surface area contributed by atoms with Crippen LogP contribution < -0.4 is 9.62 Å². The first kappa shape index (κ1) is 20.7. The molecule has 2 rings (SSSR count). The SMILES string of the molecule is CC[C@H](C(=O)Nc1nnc(SC(C)C)s1)N(c1ccccc1)S(C)(=O)=O. The number of benzene rings is 1. The van der Waals surface area contributed by atoms with Gasteiger partial charge in [-0.25, -0.2) is 8.42 Å². The van der Waals surface area contributed by atoms with E-state index < -0.39 is 22.0 Å². The van der Waals surface area contributed by atoms with Crippen LogP contribution in [0, 0.1) is 0 Å². The number of sulfonamides is 1. The minimum atomic E-state index is -3.64. The number of carbonyl (C=O) groups excluding carboxylic acids is 1. The number of nitrogens with zero attached hydrogens (tertiary/aromatic N) is 3. The van der Waals surface area contributed by atoms with Crippen LogP contribution in [0.15, 0.2) is 34.7 Å². The number of nitrogens with one attached hydrogen (secondary N) is 1. The van der Waals surface area contributed by atoms with Gasteiger partial charge in [0.25, 0.3) is 0 Å². The molecule has 0 spiro atoms. The van der Waals surface area contributed by atoms with Gasteiger partial charge in [0.2, 0.25) is 21.1 Å². The molecule has 0 aliphatic heterocycles. The summed E-state index contributed by atoms with van der Waals surface area (Å²) in [4.78, 5) is 12.8. The third-order valence-corrected chi connectivity index (χ3v) is 6.42. The van der Waals surface area contributed by atoms with Crippen molar-refractivity contribution in [1.29, 1.82) is 0 Å². The molecule has 1 aromatic carbocycles. The number of aromatic nitrogens is 2. The average molecular weight is 415 g/mol. The summed E-state index contributed by atoms with van der Waals surface area (Å²) in [7, 11) is -3.64. The maximum Gasteiger partial charge on any atom is 0.250 e. The first-order chi connectivity index (χ1) is 12.2. The highest BCUT2D eigenvalue weighted by Gasteiger charge is 2.31. The van der Waals surface area contributed by atoms with Crippen LogP contribution in [0.25, 0.3) is 0 Å². The van der Waals surface area contributed by atoms with E-state index in [1.165, 1.54) is 11.3 Å². The Morgan fingerprint density at radius 1 is 1.27 bits per heavy atom. The number of carbonyl (C=O) groups is 1. The Morgan fingerprint density at radius 3 is 2.46 bits per heavy atom. The second-order valence-corrected chi connectivity index (χ2v) is 10.5. The van der Waals surface area contributed by atoms with Crippen molar-refractivity contribution < 1.29 is 13.2 Å². The summed E-state index contributed by atoms with van der Waals surface area (Å²) in [5.74, 6) is -0.431. The maximum atomic E-state index is 12.8. The van der Waals surface area contributed by atoms with Crippen molar-refractivity contribution in [3.05, 3.63) is 30.3 Å². The van der Waals surface area contributed by atoms with E-state index >= 15 is 0 Å². The number of thioether (sulfide) groups is 1. The summed E-state index contributed by atoms with van der Waals surface area (Å²) in [5, 5.41) is 11.4. The van der Waals surface area contributed by atoms with E-state index in [1.807, 2.05) is 13.8 Å². The smallest absolute Gasteiger partial charge is 0.250 e. The third-order valence-electron chi connectivity index (χ3n) is 3.31. The third kappa shape index (κ3) is 5.42. The molecule has 2 aromatic rings. The second kappa shape index (κ2) is 8.83. The summed E-state index contributed by atoms with van der Waals surface area (Å²) >= 11 is 2.83. The Hall–Kier alpha value is -1.65. The fourth-order valence-electron chi connectivity index (χ4n) is 2.33. The lowest BCUT2D eigenvalue weighted by Crippen LogP contribution is -2.46. The van der Waals surface area contributed by atoms with Gasteiger partial charge in [0.05, 0.1) is 11.9 Å². The largest absolute Gasteiger partial charge is 0.299 e. The summed E-state index contributed by atoms with van der Waals surface area (Å²) < 4.78 is 26.6. The first-order valence-corrected chi connectivity index (χ1v) is 11.6. The van der Waals surface area contributed by atoms with Crippen LogP contribution in [-0.2, 0) is 14.8 Å². The number of anilines is 2. The van der Waals surface area contributed by atoms with Gasteiger partial charge in [-0.05, 0) is 18.6 Å². The van der Waals surface area contributed by atoms with E-state index in [2.05, 4.69) is 15.5 Å². The van der Waals surface area contributed by atoms with Crippen LogP contribution in [0.1, 0.15) is 27.2 Å². The van der Waals surface area contributed by atoms with E-state index in [4.69, 9.17) is 0 Å². The minimum absolute atomic E-state index is 0.320. The predicted molar refractivity (Wildman–Crippen MR) is 107 cm³/mol. The van der Waals surface area contributed by atoms with E-state index in [0.717, 1.165) is 14.9 Å². The monoisotopic (exact) mass is 414 g/mol. The van der Waals surface area contributed by atoms with Crippen molar-refractivity contribution in [3.8, 4) is 0 Å². The topological polar surface area (TPSA) is 92.3 Å². The Morgan fingerprint density at radius 2 is 1.92 bits per heavy atom. The number of rotatable bonds is 8. The molecule has 26 heavy (non-hydrogen) atoms. The maximum absolute atomic E-state index is 12.8. The molecule has 1 N–H and O–H groups in total. The van der Waals surface area contributed by atoms with Crippen molar-refractivity contribution in [2.75, 3.05) is 15.9 Å². The molecule has 1 atom stereocenters. The highest BCUT2D eigenvalue weighted by atomic mass is 32.2. The standard InChI is InChI=1S/C16H22N4O3S3/c1-5-13(20(26(4,22)23)12-9-7-6-8-10-12)14(21)17-15-18-19-16(25-15)24-11(2)3/h6-11,13H,5H2,1-4H3,(H,17,18,21)/t13-/m1/s1. The Labute approximate surface area is 162 Å². The molecular weight excluding hydrogens is 392 g/mol. The summed E-state index contributed by atoms with van der Waals surface area (Å²) in [6, 6.07) is 7.72. The Bertz CT molecular complexity index is 837. The van der Waals surface area contributed by atoms with E-state index in [9.17, 15) is 13.2 Å². The summed E-state index contributed by atoms with van der Waals surface area (Å²) in [5.41, 5.74) is 0.449. The van der Waals surface area contributed by atoms with Crippen molar-refractivity contribution in [2.45, 2.75) is 42.8 Å². The lowest BCUT2D eigenvalue weighted by Gasteiger charge is -2.29. The van der Waals surface area contributed by atoms with Crippen LogP contribution in [0.2, 0.25) is 0 Å². The van der Waals surface area contributed by atoms with Gasteiger partial charge in [0.1, 0.15) is 6.04 Å². The molecule has 0 saturated heterocycles. The zero-order valence-electron chi connectivity index (χ0n) is 15.0. The van der Waals surface area contributed by atoms with Crippen molar-refractivity contribution >= 4 is 49.8 Å². The zero-order chi connectivity index (χ0) is 19.3. The fraction of sp³-hybridized carbons (Fsp3) is 0.438. The van der Waals surface area contributed by atoms with Crippen LogP contribution >= 0.6 is 23.1 Å². The van der Waals surface area contributed by atoms with Gasteiger partial charge < -0.3 is 0 Å². The number of hydrogen-bond acceptors (Lipinski definition) is 7. The van der Waals surface area contributed by atoms with Crippen LogP contribution in [0.3, 0.4) is 0 Å². The second-order valence-electron chi connectivity index (χ2n) is 5.85. The quantitative estimate of drug-likeness (QED) is 0.527. The normalized spacial score (nSPS) is 12.8. The summed E-state index contributed by atoms with van der Waals surface area (Å²) in [6.45, 7) is 5.86. The van der Waals surface area contributed by atoms with Gasteiger partial charge in [-0.15, -0.1) is 10.2 Å². The Balaban J connectivity index is 2.24. The highest BCUT2D eigenvalue weighted by Crippen LogP contribution is 2.29. The van der Waals surface area contributed by atoms with Crippen molar-refractivity contribution in [2.24, 2.45) is 0 Å². The number of hydrogen-bond donors (Lipinski definition) is 1. The molecule has 0 aliphatic rings. The van der Waals surface area contributed by atoms with E-state index in [0.29, 0.717) is 22.5 Å². The van der Waals surface area contributed by atoms with Crippen LogP contribution in [0.5, 0.6) is 0 Å². The Kier molecular flexibility index (Phi) is 7.01. The summed E-state index contributed by atoms with van der Waals surface area (Å²) in [6.07, 6.45) is 1.42. The molecule has 0 radical (unpaired) electrons. The molecular formula is C16H22N4O3S3. The molecule has 142 valence electrons. The molecule has 1 amide bonds. The minimum Gasteiger partial charge on any atom is -0.299 e. The van der Waals surface area contributed by atoms with Crippen molar-refractivity contribution in [1.82, 2.24) is 10.2 Å². The molecule has 0 unspecified atom stereocenters. The zero-order valence-corrected chi connectivity index (χ0v) is 17.5. The fourth-order valence-corrected chi connectivity index (χ4v) is 5.52.